The first kappa shape index (κ1) is 14.0. The molecule has 6 heteroatoms. The molecule has 0 aliphatic carbocycles. The Morgan fingerprint density at radius 3 is 2.75 bits per heavy atom. The third-order valence-electron chi connectivity index (χ3n) is 1.99. The number of alkyl halides is 1. The Hall–Kier alpha value is -0.100. The van der Waals surface area contributed by atoms with Crippen molar-refractivity contribution in [3.63, 3.8) is 0 Å². The molecular formula is C10H13BrClNO2S. The SMILES string of the molecule is CC(CBr)CNS(=O)(=O)c1cccc(Cl)c1. The maximum Gasteiger partial charge on any atom is 0.240 e. The minimum absolute atomic E-state index is 0.196. The normalized spacial score (nSPS) is 13.7. The number of benzene rings is 1. The van der Waals surface area contributed by atoms with Gasteiger partial charge in [-0.3, -0.25) is 0 Å². The third-order valence-corrected chi connectivity index (χ3v) is 4.75. The summed E-state index contributed by atoms with van der Waals surface area (Å²) >= 11 is 9.04. The number of hydrogen-bond donors (Lipinski definition) is 1. The van der Waals surface area contributed by atoms with Crippen LogP contribution >= 0.6 is 27.5 Å². The number of rotatable bonds is 5. The van der Waals surface area contributed by atoms with Crippen LogP contribution in [-0.4, -0.2) is 20.3 Å². The van der Waals surface area contributed by atoms with E-state index in [1.165, 1.54) is 12.1 Å². The molecule has 0 amide bonds. The van der Waals surface area contributed by atoms with Gasteiger partial charge in [-0.1, -0.05) is 40.5 Å². The lowest BCUT2D eigenvalue weighted by Gasteiger charge is -2.10. The van der Waals surface area contributed by atoms with Crippen LogP contribution in [0.25, 0.3) is 0 Å². The van der Waals surface area contributed by atoms with E-state index in [4.69, 9.17) is 11.6 Å². The number of sulfonamides is 1. The zero-order chi connectivity index (χ0) is 12.2. The summed E-state index contributed by atoms with van der Waals surface area (Å²) in [5, 5.41) is 1.17. The third kappa shape index (κ3) is 4.05. The Morgan fingerprint density at radius 2 is 2.19 bits per heavy atom. The topological polar surface area (TPSA) is 46.2 Å². The van der Waals surface area contributed by atoms with E-state index in [9.17, 15) is 8.42 Å². The lowest BCUT2D eigenvalue weighted by atomic mass is 10.2. The van der Waals surface area contributed by atoms with Gasteiger partial charge in [0.25, 0.3) is 0 Å². The fourth-order valence-corrected chi connectivity index (χ4v) is 2.72. The number of nitrogens with one attached hydrogen (secondary N) is 1. The van der Waals surface area contributed by atoms with E-state index < -0.39 is 10.0 Å². The van der Waals surface area contributed by atoms with Gasteiger partial charge in [0.15, 0.2) is 0 Å². The quantitative estimate of drug-likeness (QED) is 0.846. The Labute approximate surface area is 109 Å². The molecule has 0 bridgehead atoms. The van der Waals surface area contributed by atoms with Crippen LogP contribution in [0.2, 0.25) is 5.02 Å². The van der Waals surface area contributed by atoms with Crippen molar-refractivity contribution >= 4 is 37.6 Å². The molecule has 0 aromatic heterocycles. The predicted octanol–water partition coefficient (Wildman–Crippen LogP) is 2.65. The first-order valence-electron chi connectivity index (χ1n) is 4.77. The molecule has 0 saturated carbocycles. The maximum atomic E-state index is 11.8. The second-order valence-corrected chi connectivity index (χ2v) is 6.42. The Balaban J connectivity index is 2.78. The minimum atomic E-state index is -3.44. The van der Waals surface area contributed by atoms with E-state index in [2.05, 4.69) is 20.7 Å². The first-order valence-corrected chi connectivity index (χ1v) is 7.75. The molecule has 1 aromatic carbocycles. The molecule has 90 valence electrons. The summed E-state index contributed by atoms with van der Waals surface area (Å²) in [7, 11) is -3.44. The molecular weight excluding hydrogens is 314 g/mol. The molecule has 0 radical (unpaired) electrons. The van der Waals surface area contributed by atoms with Crippen LogP contribution in [0.4, 0.5) is 0 Å². The molecule has 0 spiro atoms. The van der Waals surface area contributed by atoms with E-state index >= 15 is 0 Å². The number of hydrogen-bond acceptors (Lipinski definition) is 2. The largest absolute Gasteiger partial charge is 0.240 e. The van der Waals surface area contributed by atoms with Crippen molar-refractivity contribution in [3.05, 3.63) is 29.3 Å². The highest BCUT2D eigenvalue weighted by molar-refractivity contribution is 9.09. The maximum absolute atomic E-state index is 11.8. The standard InChI is InChI=1S/C10H13BrClNO2S/c1-8(6-11)7-13-16(14,15)10-4-2-3-9(12)5-10/h2-5,8,13H,6-7H2,1H3. The first-order chi connectivity index (χ1) is 7.45. The summed E-state index contributed by atoms with van der Waals surface area (Å²) in [6, 6.07) is 6.21. The minimum Gasteiger partial charge on any atom is -0.211 e. The van der Waals surface area contributed by atoms with Gasteiger partial charge in [-0.2, -0.15) is 0 Å². The van der Waals surface area contributed by atoms with Crippen LogP contribution in [0.15, 0.2) is 29.2 Å². The molecule has 3 nitrogen and oxygen atoms in total. The number of halogens is 2. The summed E-state index contributed by atoms with van der Waals surface area (Å²) in [4.78, 5) is 0.196. The van der Waals surface area contributed by atoms with Gasteiger partial charge >= 0.3 is 0 Å². The van der Waals surface area contributed by atoms with E-state index in [1.807, 2.05) is 6.92 Å². The molecule has 0 saturated heterocycles. The smallest absolute Gasteiger partial charge is 0.211 e. The molecule has 1 aromatic rings. The Kier molecular flexibility index (Phi) is 5.24. The fraction of sp³-hybridized carbons (Fsp3) is 0.400. The highest BCUT2D eigenvalue weighted by Crippen LogP contribution is 2.15. The van der Waals surface area contributed by atoms with Gasteiger partial charge in [0.1, 0.15) is 0 Å². The monoisotopic (exact) mass is 325 g/mol. The van der Waals surface area contributed by atoms with Crippen molar-refractivity contribution in [1.82, 2.24) is 4.72 Å². The average Bonchev–Trinajstić information content (AvgIpc) is 2.26. The summed E-state index contributed by atoms with van der Waals surface area (Å²) in [5.74, 6) is 0.244. The summed E-state index contributed by atoms with van der Waals surface area (Å²) in [6.07, 6.45) is 0. The highest BCUT2D eigenvalue weighted by Gasteiger charge is 2.14. The molecule has 1 N–H and O–H groups in total. The second kappa shape index (κ2) is 6.00. The molecule has 1 unspecified atom stereocenters. The lowest BCUT2D eigenvalue weighted by Crippen LogP contribution is -2.28. The van der Waals surface area contributed by atoms with Gasteiger partial charge < -0.3 is 0 Å². The van der Waals surface area contributed by atoms with Crippen LogP contribution in [0.5, 0.6) is 0 Å². The van der Waals surface area contributed by atoms with Crippen molar-refractivity contribution < 1.29 is 8.42 Å². The molecule has 16 heavy (non-hydrogen) atoms. The Morgan fingerprint density at radius 1 is 1.50 bits per heavy atom. The van der Waals surface area contributed by atoms with Gasteiger partial charge in [-0.05, 0) is 24.1 Å². The van der Waals surface area contributed by atoms with Crippen molar-refractivity contribution in [1.29, 1.82) is 0 Å². The van der Waals surface area contributed by atoms with Gasteiger partial charge in [-0.25, -0.2) is 13.1 Å². The zero-order valence-corrected chi connectivity index (χ0v) is 11.9. The van der Waals surface area contributed by atoms with Crippen LogP contribution < -0.4 is 4.72 Å². The van der Waals surface area contributed by atoms with Crippen molar-refractivity contribution in [2.24, 2.45) is 5.92 Å². The molecule has 0 heterocycles. The second-order valence-electron chi connectivity index (χ2n) is 3.57. The summed E-state index contributed by atoms with van der Waals surface area (Å²) in [6.45, 7) is 2.36. The summed E-state index contributed by atoms with van der Waals surface area (Å²) < 4.78 is 26.2. The molecule has 1 rings (SSSR count). The van der Waals surface area contributed by atoms with Gasteiger partial charge in [-0.15, -0.1) is 0 Å². The molecule has 1 atom stereocenters. The van der Waals surface area contributed by atoms with Crippen LogP contribution in [0.3, 0.4) is 0 Å². The van der Waals surface area contributed by atoms with E-state index in [1.54, 1.807) is 12.1 Å². The zero-order valence-electron chi connectivity index (χ0n) is 8.78. The predicted molar refractivity (Wildman–Crippen MR) is 69.6 cm³/mol. The average molecular weight is 327 g/mol. The van der Waals surface area contributed by atoms with Crippen molar-refractivity contribution in [2.45, 2.75) is 11.8 Å². The fourth-order valence-electron chi connectivity index (χ4n) is 1.02. The molecule has 0 fully saturated rings. The Bertz CT molecular complexity index is 450. The van der Waals surface area contributed by atoms with Crippen LogP contribution in [0, 0.1) is 5.92 Å². The lowest BCUT2D eigenvalue weighted by molar-refractivity contribution is 0.563. The van der Waals surface area contributed by atoms with Crippen molar-refractivity contribution in [3.8, 4) is 0 Å². The van der Waals surface area contributed by atoms with E-state index in [-0.39, 0.29) is 10.8 Å². The van der Waals surface area contributed by atoms with Crippen LogP contribution in [-0.2, 0) is 10.0 Å². The van der Waals surface area contributed by atoms with E-state index in [0.717, 1.165) is 5.33 Å². The molecule has 0 aliphatic heterocycles. The summed E-state index contributed by atoms with van der Waals surface area (Å²) in [5.41, 5.74) is 0. The van der Waals surface area contributed by atoms with E-state index in [0.29, 0.717) is 11.6 Å². The van der Waals surface area contributed by atoms with Gasteiger partial charge in [0.2, 0.25) is 10.0 Å². The van der Waals surface area contributed by atoms with Gasteiger partial charge in [0, 0.05) is 16.9 Å². The van der Waals surface area contributed by atoms with Crippen molar-refractivity contribution in [2.75, 3.05) is 11.9 Å². The molecule has 0 aliphatic rings. The highest BCUT2D eigenvalue weighted by atomic mass is 79.9. The van der Waals surface area contributed by atoms with Crippen LogP contribution in [0.1, 0.15) is 6.92 Å². The van der Waals surface area contributed by atoms with Gasteiger partial charge in [0.05, 0.1) is 4.90 Å².